The Kier molecular flexibility index (Phi) is 3.58. The predicted octanol–water partition coefficient (Wildman–Crippen LogP) is 2.67. The van der Waals surface area contributed by atoms with E-state index in [0.29, 0.717) is 17.8 Å². The molecule has 3 aliphatic rings. The fourth-order valence-corrected chi connectivity index (χ4v) is 4.11. The maximum atomic E-state index is 10.2. The largest absolute Gasteiger partial charge is 0.392 e. The Morgan fingerprint density at radius 2 is 2.00 bits per heavy atom. The van der Waals surface area contributed by atoms with Gasteiger partial charge >= 0.3 is 0 Å². The fourth-order valence-electron chi connectivity index (χ4n) is 4.11. The molecule has 2 N–H and O–H groups in total. The lowest BCUT2D eigenvalue weighted by molar-refractivity contribution is 0.136. The predicted molar refractivity (Wildman–Crippen MR) is 72.0 cm³/mol. The first-order valence-corrected chi connectivity index (χ1v) is 7.47. The summed E-state index contributed by atoms with van der Waals surface area (Å²) in [6.07, 6.45) is 14.9. The highest BCUT2D eigenvalue weighted by atomic mass is 16.3. The molecule has 0 saturated heterocycles. The van der Waals surface area contributed by atoms with Crippen LogP contribution in [-0.2, 0) is 0 Å². The van der Waals surface area contributed by atoms with Crippen LogP contribution >= 0.6 is 0 Å². The van der Waals surface area contributed by atoms with Crippen LogP contribution < -0.4 is 0 Å². The van der Waals surface area contributed by atoms with E-state index in [4.69, 9.17) is 0 Å². The zero-order valence-corrected chi connectivity index (χ0v) is 10.9. The van der Waals surface area contributed by atoms with Gasteiger partial charge in [0.05, 0.1) is 12.2 Å². The lowest BCUT2D eigenvalue weighted by atomic mass is 9.89. The van der Waals surface area contributed by atoms with E-state index < -0.39 is 0 Å². The molecule has 0 aromatic rings. The van der Waals surface area contributed by atoms with Crippen molar-refractivity contribution >= 4 is 0 Å². The average molecular weight is 248 g/mol. The molecular formula is C16H24O2. The summed E-state index contributed by atoms with van der Waals surface area (Å²) in [5, 5.41) is 20.3. The van der Waals surface area contributed by atoms with Gasteiger partial charge in [-0.2, -0.15) is 0 Å². The number of allylic oxidation sites excluding steroid dienone is 2. The van der Waals surface area contributed by atoms with Crippen LogP contribution in [0.5, 0.6) is 0 Å². The van der Waals surface area contributed by atoms with Crippen LogP contribution in [0.4, 0.5) is 0 Å². The van der Waals surface area contributed by atoms with Crippen LogP contribution in [0.1, 0.15) is 38.5 Å². The summed E-state index contributed by atoms with van der Waals surface area (Å²) in [5.74, 6) is 1.85. The van der Waals surface area contributed by atoms with E-state index >= 15 is 0 Å². The summed E-state index contributed by atoms with van der Waals surface area (Å²) in [6.45, 7) is 0. The van der Waals surface area contributed by atoms with Gasteiger partial charge < -0.3 is 10.2 Å². The van der Waals surface area contributed by atoms with Gasteiger partial charge in [0.2, 0.25) is 0 Å². The van der Waals surface area contributed by atoms with Crippen LogP contribution in [0.15, 0.2) is 24.3 Å². The van der Waals surface area contributed by atoms with Crippen molar-refractivity contribution in [2.75, 3.05) is 0 Å². The molecule has 2 saturated carbocycles. The summed E-state index contributed by atoms with van der Waals surface area (Å²) in [6, 6.07) is 0. The van der Waals surface area contributed by atoms with Gasteiger partial charge in [-0.05, 0) is 43.4 Å². The standard InChI is InChI=1S/C16H24O2/c17-15(11-4-1-2-5-11)9-8-14-13-7-3-6-12(13)10-16(14)18/h3,6,8-9,11-18H,1-2,4-5,7,10H2/b9-8+/t12?,13?,14?,15-,16?/m1/s1. The second-order valence-electron chi connectivity index (χ2n) is 6.29. The minimum Gasteiger partial charge on any atom is -0.392 e. The van der Waals surface area contributed by atoms with Gasteiger partial charge in [-0.15, -0.1) is 0 Å². The van der Waals surface area contributed by atoms with Crippen LogP contribution in [0, 0.1) is 23.7 Å². The Labute approximate surface area is 109 Å². The van der Waals surface area contributed by atoms with Gasteiger partial charge in [-0.25, -0.2) is 0 Å². The fraction of sp³-hybridized carbons (Fsp3) is 0.750. The van der Waals surface area contributed by atoms with Gasteiger partial charge in [0, 0.05) is 5.92 Å². The molecule has 2 nitrogen and oxygen atoms in total. The molecule has 3 rings (SSSR count). The molecule has 3 aliphatic carbocycles. The number of fused-ring (bicyclic) bond motifs is 1. The highest BCUT2D eigenvalue weighted by Crippen LogP contribution is 2.44. The highest BCUT2D eigenvalue weighted by molar-refractivity contribution is 5.14. The minimum absolute atomic E-state index is 0.211. The van der Waals surface area contributed by atoms with Crippen molar-refractivity contribution in [1.82, 2.24) is 0 Å². The van der Waals surface area contributed by atoms with Crippen molar-refractivity contribution in [1.29, 1.82) is 0 Å². The van der Waals surface area contributed by atoms with E-state index in [1.807, 2.05) is 6.08 Å². The second-order valence-corrected chi connectivity index (χ2v) is 6.29. The highest BCUT2D eigenvalue weighted by Gasteiger charge is 2.41. The monoisotopic (exact) mass is 248 g/mol. The molecule has 0 heterocycles. The molecular weight excluding hydrogens is 224 g/mol. The molecule has 0 bridgehead atoms. The molecule has 0 aromatic heterocycles. The van der Waals surface area contributed by atoms with E-state index in [-0.39, 0.29) is 18.1 Å². The van der Waals surface area contributed by atoms with Crippen LogP contribution in [0.25, 0.3) is 0 Å². The summed E-state index contributed by atoms with van der Waals surface area (Å²) in [5.41, 5.74) is 0. The van der Waals surface area contributed by atoms with E-state index in [1.165, 1.54) is 12.8 Å². The van der Waals surface area contributed by atoms with Gasteiger partial charge in [-0.1, -0.05) is 37.1 Å². The lowest BCUT2D eigenvalue weighted by Crippen LogP contribution is -2.19. The van der Waals surface area contributed by atoms with Crippen LogP contribution in [0.2, 0.25) is 0 Å². The third kappa shape index (κ3) is 2.28. The molecule has 0 aliphatic heterocycles. The molecule has 2 heteroatoms. The summed E-state index contributed by atoms with van der Waals surface area (Å²) < 4.78 is 0. The van der Waals surface area contributed by atoms with E-state index in [1.54, 1.807) is 0 Å². The lowest BCUT2D eigenvalue weighted by Gasteiger charge is -2.19. The molecule has 5 atom stereocenters. The molecule has 0 aromatic carbocycles. The van der Waals surface area contributed by atoms with E-state index in [9.17, 15) is 10.2 Å². The van der Waals surface area contributed by atoms with Gasteiger partial charge in [-0.3, -0.25) is 0 Å². The van der Waals surface area contributed by atoms with Crippen molar-refractivity contribution in [3.05, 3.63) is 24.3 Å². The Morgan fingerprint density at radius 3 is 2.78 bits per heavy atom. The smallest absolute Gasteiger partial charge is 0.0749 e. The Hall–Kier alpha value is -0.600. The van der Waals surface area contributed by atoms with Crippen LogP contribution in [0.3, 0.4) is 0 Å². The van der Waals surface area contributed by atoms with Crippen molar-refractivity contribution in [2.24, 2.45) is 23.7 Å². The first-order chi connectivity index (χ1) is 8.75. The number of hydrogen-bond acceptors (Lipinski definition) is 2. The molecule has 0 radical (unpaired) electrons. The van der Waals surface area contributed by atoms with Crippen molar-refractivity contribution in [2.45, 2.75) is 50.7 Å². The maximum absolute atomic E-state index is 10.2. The van der Waals surface area contributed by atoms with E-state index in [0.717, 1.165) is 25.7 Å². The van der Waals surface area contributed by atoms with E-state index in [2.05, 4.69) is 18.2 Å². The first kappa shape index (κ1) is 12.4. The van der Waals surface area contributed by atoms with Crippen molar-refractivity contribution in [3.8, 4) is 0 Å². The molecule has 2 fully saturated rings. The number of aliphatic hydroxyl groups is 2. The Bertz CT molecular complexity index is 341. The average Bonchev–Trinajstić information content (AvgIpc) is 3.02. The summed E-state index contributed by atoms with van der Waals surface area (Å²) >= 11 is 0. The maximum Gasteiger partial charge on any atom is 0.0749 e. The molecule has 100 valence electrons. The molecule has 0 amide bonds. The second kappa shape index (κ2) is 5.18. The molecule has 18 heavy (non-hydrogen) atoms. The topological polar surface area (TPSA) is 40.5 Å². The van der Waals surface area contributed by atoms with Gasteiger partial charge in [0.1, 0.15) is 0 Å². The van der Waals surface area contributed by atoms with Gasteiger partial charge in [0.25, 0.3) is 0 Å². The SMILES string of the molecule is OC1CC2C=CCC2C1/C=C/[C@@H](O)C1CCCC1. The zero-order chi connectivity index (χ0) is 12.5. The Balaban J connectivity index is 1.61. The molecule has 4 unspecified atom stereocenters. The summed E-state index contributed by atoms with van der Waals surface area (Å²) in [4.78, 5) is 0. The number of rotatable bonds is 3. The molecule has 0 spiro atoms. The number of hydrogen-bond donors (Lipinski definition) is 2. The zero-order valence-electron chi connectivity index (χ0n) is 10.9. The van der Waals surface area contributed by atoms with Crippen molar-refractivity contribution < 1.29 is 10.2 Å². The first-order valence-electron chi connectivity index (χ1n) is 7.47. The van der Waals surface area contributed by atoms with Gasteiger partial charge in [0.15, 0.2) is 0 Å². The third-order valence-electron chi connectivity index (χ3n) is 5.21. The Morgan fingerprint density at radius 1 is 1.22 bits per heavy atom. The third-order valence-corrected chi connectivity index (χ3v) is 5.21. The minimum atomic E-state index is -0.298. The number of aliphatic hydroxyl groups excluding tert-OH is 2. The summed E-state index contributed by atoms with van der Waals surface area (Å²) in [7, 11) is 0. The normalized spacial score (nSPS) is 41.9. The quantitative estimate of drug-likeness (QED) is 0.754. The van der Waals surface area contributed by atoms with Crippen LogP contribution in [-0.4, -0.2) is 22.4 Å². The van der Waals surface area contributed by atoms with Crippen molar-refractivity contribution in [3.63, 3.8) is 0 Å².